The molecule has 0 radical (unpaired) electrons. The normalized spacial score (nSPS) is 20.8. The molecule has 0 bridgehead atoms. The molecule has 148 valence electrons. The van der Waals surface area contributed by atoms with Gasteiger partial charge >= 0.3 is 0 Å². The molecule has 2 aromatic carbocycles. The molecule has 2 aromatic heterocycles. The zero-order valence-corrected chi connectivity index (χ0v) is 17.6. The van der Waals surface area contributed by atoms with Crippen molar-refractivity contribution in [3.05, 3.63) is 92.8 Å². The fourth-order valence-corrected chi connectivity index (χ4v) is 5.77. The van der Waals surface area contributed by atoms with E-state index < -0.39 is 0 Å². The Kier molecular flexibility index (Phi) is 4.08. The molecule has 2 aliphatic rings. The number of hydrogen-bond donors (Lipinski definition) is 1. The van der Waals surface area contributed by atoms with E-state index in [0.29, 0.717) is 11.4 Å². The van der Waals surface area contributed by atoms with Gasteiger partial charge in [0.2, 0.25) is 5.95 Å². The largest absolute Gasteiger partial charge is 0.329 e. The predicted octanol–water partition coefficient (Wildman–Crippen LogP) is 6.17. The quantitative estimate of drug-likeness (QED) is 0.413. The number of carbonyl (C=O) groups is 1. The lowest BCUT2D eigenvalue weighted by atomic mass is 9.80. The van der Waals surface area contributed by atoms with Gasteiger partial charge in [-0.05, 0) is 47.7 Å². The lowest BCUT2D eigenvalue weighted by molar-refractivity contribution is -0.116. The Hall–Kier alpha value is -2.89. The van der Waals surface area contributed by atoms with Crippen LogP contribution in [0.2, 0.25) is 5.02 Å². The molecule has 1 aliphatic carbocycles. The Morgan fingerprint density at radius 2 is 1.97 bits per heavy atom. The first-order chi connectivity index (χ1) is 14.7. The van der Waals surface area contributed by atoms with Crippen LogP contribution in [0.1, 0.15) is 35.2 Å². The number of carbonyl (C=O) groups excluding carboxylic acids is 1. The van der Waals surface area contributed by atoms with Crippen molar-refractivity contribution in [1.82, 2.24) is 9.55 Å². The summed E-state index contributed by atoms with van der Waals surface area (Å²) in [4.78, 5) is 19.6. The molecule has 6 heteroatoms. The predicted molar refractivity (Wildman–Crippen MR) is 121 cm³/mol. The van der Waals surface area contributed by atoms with Gasteiger partial charge < -0.3 is 5.32 Å². The van der Waals surface area contributed by atoms with Crippen LogP contribution in [0.3, 0.4) is 0 Å². The number of allylic oxidation sites excluding steroid dienone is 2. The summed E-state index contributed by atoms with van der Waals surface area (Å²) in [5.41, 5.74) is 4.74. The highest BCUT2D eigenvalue weighted by Gasteiger charge is 2.39. The summed E-state index contributed by atoms with van der Waals surface area (Å²) >= 11 is 8.06. The van der Waals surface area contributed by atoms with Crippen molar-refractivity contribution in [1.29, 1.82) is 0 Å². The number of halogens is 1. The van der Waals surface area contributed by atoms with Crippen LogP contribution in [0, 0.1) is 0 Å². The molecule has 0 unspecified atom stereocenters. The third-order valence-electron chi connectivity index (χ3n) is 6.01. The molecule has 0 amide bonds. The molecule has 1 aliphatic heterocycles. The molecular formula is C24H18ClN3OS. The van der Waals surface area contributed by atoms with Crippen molar-refractivity contribution in [2.45, 2.75) is 24.8 Å². The fourth-order valence-electron chi connectivity index (χ4n) is 4.74. The second kappa shape index (κ2) is 6.83. The third-order valence-corrected chi connectivity index (χ3v) is 7.28. The minimum absolute atomic E-state index is 0.190. The van der Waals surface area contributed by atoms with Gasteiger partial charge in [-0.1, -0.05) is 41.9 Å². The fraction of sp³-hybridized carbons (Fsp3) is 0.167. The van der Waals surface area contributed by atoms with Gasteiger partial charge in [0.1, 0.15) is 0 Å². The van der Waals surface area contributed by atoms with Crippen LogP contribution in [0.4, 0.5) is 5.95 Å². The molecule has 2 atom stereocenters. The number of ketones is 1. The number of fused-ring (bicyclic) bond motifs is 3. The van der Waals surface area contributed by atoms with Crippen LogP contribution < -0.4 is 5.32 Å². The third kappa shape index (κ3) is 2.73. The molecular weight excluding hydrogens is 414 g/mol. The van der Waals surface area contributed by atoms with Crippen molar-refractivity contribution >= 4 is 45.7 Å². The Labute approximate surface area is 182 Å². The maximum absolute atomic E-state index is 13.5. The highest BCUT2D eigenvalue weighted by atomic mass is 35.5. The summed E-state index contributed by atoms with van der Waals surface area (Å²) in [5, 5.41) is 6.25. The highest BCUT2D eigenvalue weighted by Crippen LogP contribution is 2.46. The van der Waals surface area contributed by atoms with E-state index >= 15 is 0 Å². The van der Waals surface area contributed by atoms with Crippen LogP contribution >= 0.6 is 22.9 Å². The van der Waals surface area contributed by atoms with Gasteiger partial charge in [-0.3, -0.25) is 9.36 Å². The number of benzene rings is 2. The Morgan fingerprint density at radius 1 is 1.07 bits per heavy atom. The Bertz CT molecular complexity index is 1320. The zero-order chi connectivity index (χ0) is 20.2. The second-order valence-corrected chi connectivity index (χ2v) is 9.23. The van der Waals surface area contributed by atoms with Gasteiger partial charge in [0.05, 0.1) is 17.1 Å². The van der Waals surface area contributed by atoms with Gasteiger partial charge in [0.15, 0.2) is 5.78 Å². The van der Waals surface area contributed by atoms with E-state index in [-0.39, 0.29) is 17.7 Å². The molecule has 3 heterocycles. The van der Waals surface area contributed by atoms with Gasteiger partial charge in [-0.15, -0.1) is 11.3 Å². The molecule has 6 rings (SSSR count). The van der Waals surface area contributed by atoms with Crippen LogP contribution in [-0.2, 0) is 4.79 Å². The average molecular weight is 432 g/mol. The monoisotopic (exact) mass is 431 g/mol. The molecule has 4 nitrogen and oxygen atoms in total. The van der Waals surface area contributed by atoms with Crippen molar-refractivity contribution in [3.63, 3.8) is 0 Å². The maximum atomic E-state index is 13.5. The summed E-state index contributed by atoms with van der Waals surface area (Å²) in [6.07, 6.45) is 1.34. The van der Waals surface area contributed by atoms with E-state index in [1.54, 1.807) is 11.3 Å². The topological polar surface area (TPSA) is 46.9 Å². The summed E-state index contributed by atoms with van der Waals surface area (Å²) < 4.78 is 2.14. The summed E-state index contributed by atoms with van der Waals surface area (Å²) in [6, 6.07) is 19.8. The standard InChI is InChI=1S/C24H18ClN3OS/c25-16-6-3-5-14(11-16)23-22-18(12-15(13-20(22)29)21-9-4-10-30-21)27-24-26-17-7-1-2-8-19(17)28(23)24/h1-11,15,23H,12-13H2,(H,26,27)/t15-,23+/m0/s1. The molecule has 0 saturated heterocycles. The number of anilines is 1. The van der Waals surface area contributed by atoms with E-state index in [1.807, 2.05) is 42.5 Å². The number of imidazole rings is 1. The average Bonchev–Trinajstić information content (AvgIpc) is 3.40. The summed E-state index contributed by atoms with van der Waals surface area (Å²) in [7, 11) is 0. The van der Waals surface area contributed by atoms with Crippen molar-refractivity contribution in [2.75, 3.05) is 5.32 Å². The minimum Gasteiger partial charge on any atom is -0.329 e. The number of nitrogens with zero attached hydrogens (tertiary/aromatic N) is 2. The molecule has 0 fully saturated rings. The van der Waals surface area contributed by atoms with E-state index in [1.165, 1.54) is 4.88 Å². The lowest BCUT2D eigenvalue weighted by Gasteiger charge is -2.36. The number of Topliss-reactive ketones (excluding diaryl/α,β-unsaturated/α-hetero) is 1. The second-order valence-electron chi connectivity index (χ2n) is 7.81. The van der Waals surface area contributed by atoms with Crippen molar-refractivity contribution in [2.24, 2.45) is 0 Å². The Morgan fingerprint density at radius 3 is 2.80 bits per heavy atom. The number of hydrogen-bond acceptors (Lipinski definition) is 4. The molecule has 0 saturated carbocycles. The smallest absolute Gasteiger partial charge is 0.209 e. The van der Waals surface area contributed by atoms with E-state index in [4.69, 9.17) is 16.6 Å². The maximum Gasteiger partial charge on any atom is 0.209 e. The lowest BCUT2D eigenvalue weighted by Crippen LogP contribution is -2.33. The van der Waals surface area contributed by atoms with Crippen molar-refractivity contribution < 1.29 is 4.79 Å². The van der Waals surface area contributed by atoms with E-state index in [2.05, 4.69) is 33.5 Å². The van der Waals surface area contributed by atoms with Crippen LogP contribution in [0.5, 0.6) is 0 Å². The van der Waals surface area contributed by atoms with Gasteiger partial charge in [0, 0.05) is 33.5 Å². The van der Waals surface area contributed by atoms with Gasteiger partial charge in [-0.2, -0.15) is 0 Å². The SMILES string of the molecule is O=C1C[C@@H](c2cccs2)CC2=C1[C@@H](c1cccc(Cl)c1)n1c(nc3ccccc31)N2. The summed E-state index contributed by atoms with van der Waals surface area (Å²) in [5.74, 6) is 1.18. The number of para-hydroxylation sites is 2. The highest BCUT2D eigenvalue weighted by molar-refractivity contribution is 7.10. The van der Waals surface area contributed by atoms with Crippen LogP contribution in [0.25, 0.3) is 11.0 Å². The molecule has 30 heavy (non-hydrogen) atoms. The minimum atomic E-state index is -0.237. The first kappa shape index (κ1) is 17.9. The number of nitrogens with one attached hydrogen (secondary N) is 1. The first-order valence-electron chi connectivity index (χ1n) is 9.98. The van der Waals surface area contributed by atoms with Crippen molar-refractivity contribution in [3.8, 4) is 0 Å². The van der Waals surface area contributed by atoms with E-state index in [9.17, 15) is 4.79 Å². The number of aromatic nitrogens is 2. The Balaban J connectivity index is 1.56. The molecule has 1 N–H and O–H groups in total. The zero-order valence-electron chi connectivity index (χ0n) is 16.0. The van der Waals surface area contributed by atoms with Gasteiger partial charge in [-0.25, -0.2) is 4.98 Å². The number of thiophene rings is 1. The molecule has 4 aromatic rings. The number of rotatable bonds is 2. The van der Waals surface area contributed by atoms with Gasteiger partial charge in [0.25, 0.3) is 0 Å². The van der Waals surface area contributed by atoms with Crippen LogP contribution in [0.15, 0.2) is 77.3 Å². The van der Waals surface area contributed by atoms with Crippen LogP contribution in [-0.4, -0.2) is 15.3 Å². The molecule has 0 spiro atoms. The van der Waals surface area contributed by atoms with E-state index in [0.717, 1.165) is 40.2 Å². The first-order valence-corrected chi connectivity index (χ1v) is 11.2. The summed E-state index contributed by atoms with van der Waals surface area (Å²) in [6.45, 7) is 0.